The zero-order valence-corrected chi connectivity index (χ0v) is 17.4. The van der Waals surface area contributed by atoms with Gasteiger partial charge in [-0.1, -0.05) is 27.5 Å². The Bertz CT molecular complexity index is 813. The molecular formula is C17H15Br2ClN2O3. The number of nitrogens with one attached hydrogen (secondary N) is 1. The van der Waals surface area contributed by atoms with Gasteiger partial charge < -0.3 is 9.47 Å². The number of methoxy groups -OCH3 is 1. The van der Waals surface area contributed by atoms with Crippen LogP contribution < -0.4 is 14.9 Å². The Balaban J connectivity index is 1.93. The molecule has 2 aromatic carbocycles. The summed E-state index contributed by atoms with van der Waals surface area (Å²) in [6.07, 6.45) is 1.50. The van der Waals surface area contributed by atoms with Crippen LogP contribution in [0.1, 0.15) is 11.1 Å². The SMILES string of the molecule is COc1c(Br)cc(Br)cc1C=NNC(=O)COc1ccc(Cl)c(C)c1. The Morgan fingerprint density at radius 1 is 1.32 bits per heavy atom. The van der Waals surface area contributed by atoms with Gasteiger partial charge >= 0.3 is 0 Å². The van der Waals surface area contributed by atoms with Gasteiger partial charge in [0.2, 0.25) is 0 Å². The minimum absolute atomic E-state index is 0.155. The van der Waals surface area contributed by atoms with Gasteiger partial charge in [0.1, 0.15) is 11.5 Å². The van der Waals surface area contributed by atoms with Crippen LogP contribution in [0.3, 0.4) is 0 Å². The van der Waals surface area contributed by atoms with Gasteiger partial charge in [-0.3, -0.25) is 4.79 Å². The third kappa shape index (κ3) is 5.73. The van der Waals surface area contributed by atoms with E-state index in [1.807, 2.05) is 19.1 Å². The van der Waals surface area contributed by atoms with Crippen molar-refractivity contribution in [3.05, 3.63) is 55.4 Å². The summed E-state index contributed by atoms with van der Waals surface area (Å²) in [5.41, 5.74) is 4.00. The first-order valence-electron chi connectivity index (χ1n) is 7.14. The predicted molar refractivity (Wildman–Crippen MR) is 106 cm³/mol. The lowest BCUT2D eigenvalue weighted by Crippen LogP contribution is -2.24. The molecule has 0 aliphatic rings. The molecule has 0 fully saturated rings. The first kappa shape index (κ1) is 19.8. The Labute approximate surface area is 167 Å². The number of nitrogens with zero attached hydrogens (tertiary/aromatic N) is 1. The van der Waals surface area contributed by atoms with E-state index in [4.69, 9.17) is 21.1 Å². The minimum Gasteiger partial charge on any atom is -0.495 e. The highest BCUT2D eigenvalue weighted by Crippen LogP contribution is 2.31. The van der Waals surface area contributed by atoms with Crippen LogP contribution in [-0.4, -0.2) is 25.8 Å². The monoisotopic (exact) mass is 488 g/mol. The molecule has 25 heavy (non-hydrogen) atoms. The molecular weight excluding hydrogens is 475 g/mol. The van der Waals surface area contributed by atoms with Gasteiger partial charge in [0.15, 0.2) is 6.61 Å². The Hall–Kier alpha value is -1.57. The number of carbonyl (C=O) groups excluding carboxylic acids is 1. The molecule has 0 aromatic heterocycles. The van der Waals surface area contributed by atoms with E-state index >= 15 is 0 Å². The Morgan fingerprint density at radius 2 is 2.08 bits per heavy atom. The van der Waals surface area contributed by atoms with Crippen LogP contribution in [0.25, 0.3) is 0 Å². The second-order valence-corrected chi connectivity index (χ2v) is 7.18. The van der Waals surface area contributed by atoms with Crippen molar-refractivity contribution in [3.8, 4) is 11.5 Å². The van der Waals surface area contributed by atoms with Crippen LogP contribution in [0.4, 0.5) is 0 Å². The van der Waals surface area contributed by atoms with E-state index in [1.165, 1.54) is 6.21 Å². The average molecular weight is 491 g/mol. The molecule has 0 saturated carbocycles. The summed E-state index contributed by atoms with van der Waals surface area (Å²) >= 11 is 12.7. The van der Waals surface area contributed by atoms with E-state index in [1.54, 1.807) is 25.3 Å². The molecule has 0 unspecified atom stereocenters. The van der Waals surface area contributed by atoms with E-state index in [2.05, 4.69) is 42.4 Å². The maximum Gasteiger partial charge on any atom is 0.277 e. The van der Waals surface area contributed by atoms with Crippen LogP contribution in [0, 0.1) is 6.92 Å². The van der Waals surface area contributed by atoms with Crippen molar-refractivity contribution in [2.24, 2.45) is 5.10 Å². The number of hydrogen-bond acceptors (Lipinski definition) is 4. The summed E-state index contributed by atoms with van der Waals surface area (Å²) in [7, 11) is 1.56. The molecule has 0 saturated heterocycles. The van der Waals surface area contributed by atoms with Crippen LogP contribution in [0.15, 0.2) is 44.4 Å². The minimum atomic E-state index is -0.378. The van der Waals surface area contributed by atoms with Gasteiger partial charge in [-0.15, -0.1) is 0 Å². The molecule has 0 radical (unpaired) electrons. The van der Waals surface area contributed by atoms with Gasteiger partial charge in [0.05, 0.1) is 17.8 Å². The van der Waals surface area contributed by atoms with Crippen molar-refractivity contribution in [1.82, 2.24) is 5.43 Å². The number of hydrazone groups is 1. The maximum absolute atomic E-state index is 11.8. The Kier molecular flexibility index (Phi) is 7.28. The highest BCUT2D eigenvalue weighted by molar-refractivity contribution is 9.11. The number of halogens is 3. The summed E-state index contributed by atoms with van der Waals surface area (Å²) < 4.78 is 12.3. The van der Waals surface area contributed by atoms with Gasteiger partial charge in [0, 0.05) is 15.1 Å². The number of rotatable bonds is 6. The second kappa shape index (κ2) is 9.22. The summed E-state index contributed by atoms with van der Waals surface area (Å²) in [5, 5.41) is 4.58. The summed E-state index contributed by atoms with van der Waals surface area (Å²) in [6, 6.07) is 8.88. The zero-order valence-electron chi connectivity index (χ0n) is 13.5. The van der Waals surface area contributed by atoms with Gasteiger partial charge in [-0.25, -0.2) is 5.43 Å². The average Bonchev–Trinajstić information content (AvgIpc) is 2.55. The summed E-state index contributed by atoms with van der Waals surface area (Å²) in [4.78, 5) is 11.8. The fourth-order valence-corrected chi connectivity index (χ4v) is 3.49. The lowest BCUT2D eigenvalue weighted by Gasteiger charge is -2.08. The van der Waals surface area contributed by atoms with Crippen LogP contribution >= 0.6 is 43.5 Å². The number of amides is 1. The number of ether oxygens (including phenoxy) is 2. The van der Waals surface area contributed by atoms with Crippen molar-refractivity contribution in [2.75, 3.05) is 13.7 Å². The van der Waals surface area contributed by atoms with Crippen molar-refractivity contribution in [1.29, 1.82) is 0 Å². The fourth-order valence-electron chi connectivity index (χ4n) is 1.95. The third-order valence-electron chi connectivity index (χ3n) is 3.13. The van der Waals surface area contributed by atoms with Crippen molar-refractivity contribution in [2.45, 2.75) is 6.92 Å². The van der Waals surface area contributed by atoms with E-state index < -0.39 is 0 Å². The standard InChI is InChI=1S/C17H15Br2ClN2O3/c1-10-5-13(3-4-15(10)20)25-9-16(23)22-21-8-11-6-12(18)7-14(19)17(11)24-2/h3-8H,9H2,1-2H3,(H,22,23). The normalized spacial score (nSPS) is 10.8. The lowest BCUT2D eigenvalue weighted by atomic mass is 10.2. The lowest BCUT2D eigenvalue weighted by molar-refractivity contribution is -0.123. The second-order valence-electron chi connectivity index (χ2n) is 5.00. The molecule has 0 aliphatic heterocycles. The van der Waals surface area contributed by atoms with Crippen molar-refractivity contribution in [3.63, 3.8) is 0 Å². The number of aryl methyl sites for hydroxylation is 1. The molecule has 0 atom stereocenters. The van der Waals surface area contributed by atoms with Crippen LogP contribution in [0.2, 0.25) is 5.02 Å². The first-order valence-corrected chi connectivity index (χ1v) is 9.11. The molecule has 2 aromatic rings. The molecule has 1 N–H and O–H groups in total. The first-order chi connectivity index (χ1) is 11.9. The number of hydrogen-bond donors (Lipinski definition) is 1. The van der Waals surface area contributed by atoms with Crippen LogP contribution in [-0.2, 0) is 4.79 Å². The smallest absolute Gasteiger partial charge is 0.277 e. The molecule has 5 nitrogen and oxygen atoms in total. The number of benzene rings is 2. The van der Waals surface area contributed by atoms with E-state index in [0.717, 1.165) is 14.5 Å². The highest BCUT2D eigenvalue weighted by atomic mass is 79.9. The maximum atomic E-state index is 11.8. The molecule has 132 valence electrons. The molecule has 0 aliphatic carbocycles. The molecule has 1 amide bonds. The van der Waals surface area contributed by atoms with Gasteiger partial charge in [0.25, 0.3) is 5.91 Å². The molecule has 8 heteroatoms. The van der Waals surface area contributed by atoms with Crippen LogP contribution in [0.5, 0.6) is 11.5 Å². The van der Waals surface area contributed by atoms with Crippen molar-refractivity contribution < 1.29 is 14.3 Å². The van der Waals surface area contributed by atoms with Crippen molar-refractivity contribution >= 4 is 55.6 Å². The van der Waals surface area contributed by atoms with E-state index in [9.17, 15) is 4.79 Å². The zero-order chi connectivity index (χ0) is 18.4. The fraction of sp³-hybridized carbons (Fsp3) is 0.176. The third-order valence-corrected chi connectivity index (χ3v) is 4.60. The van der Waals surface area contributed by atoms with E-state index in [-0.39, 0.29) is 12.5 Å². The van der Waals surface area contributed by atoms with E-state index in [0.29, 0.717) is 22.1 Å². The molecule has 2 rings (SSSR count). The predicted octanol–water partition coefficient (Wildman–Crippen LogP) is 4.71. The molecule has 0 bridgehead atoms. The quantitative estimate of drug-likeness (QED) is 0.471. The highest BCUT2D eigenvalue weighted by Gasteiger charge is 2.08. The largest absolute Gasteiger partial charge is 0.495 e. The molecule has 0 spiro atoms. The summed E-state index contributed by atoms with van der Waals surface area (Å²) in [6.45, 7) is 1.71. The summed E-state index contributed by atoms with van der Waals surface area (Å²) in [5.74, 6) is 0.810. The van der Waals surface area contributed by atoms with Gasteiger partial charge in [-0.05, 0) is 58.7 Å². The Morgan fingerprint density at radius 3 is 2.76 bits per heavy atom. The van der Waals surface area contributed by atoms with Gasteiger partial charge in [-0.2, -0.15) is 5.10 Å². The topological polar surface area (TPSA) is 59.9 Å². The number of carbonyl (C=O) groups is 1. The molecule has 0 heterocycles.